The van der Waals surface area contributed by atoms with E-state index in [0.29, 0.717) is 12.7 Å². The summed E-state index contributed by atoms with van der Waals surface area (Å²) >= 11 is 0. The zero-order valence-electron chi connectivity index (χ0n) is 7.12. The van der Waals surface area contributed by atoms with Gasteiger partial charge in [0.1, 0.15) is 0 Å². The lowest BCUT2D eigenvalue weighted by Gasteiger charge is -2.09. The highest BCUT2D eigenvalue weighted by atomic mass is 28.3. The fraction of sp³-hybridized carbons (Fsp3) is 0.833. The molecule has 0 bridgehead atoms. The summed E-state index contributed by atoms with van der Waals surface area (Å²) in [6.07, 6.45) is 0. The van der Waals surface area contributed by atoms with Gasteiger partial charge < -0.3 is 13.6 Å². The van der Waals surface area contributed by atoms with Gasteiger partial charge in [-0.1, -0.05) is 0 Å². The summed E-state index contributed by atoms with van der Waals surface area (Å²) < 4.78 is 14.7. The Morgan fingerprint density at radius 1 is 1.36 bits per heavy atom. The smallest absolute Gasteiger partial charge is 0.324 e. The molecule has 0 unspecified atom stereocenters. The summed E-state index contributed by atoms with van der Waals surface area (Å²) in [6.45, 7) is 1.78. The molecule has 0 saturated heterocycles. The maximum atomic E-state index is 10.3. The van der Waals surface area contributed by atoms with Gasteiger partial charge in [-0.2, -0.15) is 0 Å². The third kappa shape index (κ3) is 6.02. The van der Waals surface area contributed by atoms with Crippen LogP contribution in [0.25, 0.3) is 0 Å². The fourth-order valence-electron chi connectivity index (χ4n) is 0.631. The minimum atomic E-state index is -1.53. The quantitative estimate of drug-likeness (QED) is 0.441. The molecule has 0 heterocycles. The van der Waals surface area contributed by atoms with Crippen molar-refractivity contribution in [1.29, 1.82) is 0 Å². The molecular formula is C6H14O4Si. The molecule has 0 fully saturated rings. The molecule has 0 saturated carbocycles. The Bertz CT molecular complexity index is 113. The summed E-state index contributed by atoms with van der Waals surface area (Å²) in [7, 11) is 1.68. The minimum Gasteiger partial charge on any atom is -0.466 e. The van der Waals surface area contributed by atoms with E-state index in [0.717, 1.165) is 0 Å². The molecular weight excluding hydrogens is 164 g/mol. The Balaban J connectivity index is 3.28. The second-order valence-electron chi connectivity index (χ2n) is 2.03. The lowest BCUT2D eigenvalue weighted by Crippen LogP contribution is -2.21. The average Bonchev–Trinajstić information content (AvgIpc) is 1.98. The van der Waals surface area contributed by atoms with Crippen LogP contribution >= 0.6 is 0 Å². The molecule has 5 heteroatoms. The van der Waals surface area contributed by atoms with Crippen LogP contribution in [0.4, 0.5) is 0 Å². The van der Waals surface area contributed by atoms with Crippen LogP contribution in [-0.2, 0) is 18.4 Å². The first kappa shape index (κ1) is 10.6. The van der Waals surface area contributed by atoms with E-state index in [-0.39, 0.29) is 5.97 Å². The second kappa shape index (κ2) is 6.33. The summed E-state index contributed by atoms with van der Waals surface area (Å²) in [5, 5.41) is 0. The van der Waals surface area contributed by atoms with Crippen LogP contribution in [0.1, 0.15) is 6.92 Å². The highest BCUT2D eigenvalue weighted by molar-refractivity contribution is 6.44. The van der Waals surface area contributed by atoms with Gasteiger partial charge in [0.2, 0.25) is 0 Å². The summed E-state index contributed by atoms with van der Waals surface area (Å²) in [6, 6.07) is 0.701. The Morgan fingerprint density at radius 3 is 2.27 bits per heavy atom. The lowest BCUT2D eigenvalue weighted by molar-refractivity contribution is -0.140. The zero-order valence-corrected chi connectivity index (χ0v) is 8.28. The van der Waals surface area contributed by atoms with Gasteiger partial charge in [-0.05, 0) is 0 Å². The van der Waals surface area contributed by atoms with E-state index in [1.807, 2.05) is 0 Å². The molecule has 0 atom stereocenters. The molecule has 0 rings (SSSR count). The van der Waals surface area contributed by atoms with Gasteiger partial charge in [0, 0.05) is 27.2 Å². The van der Waals surface area contributed by atoms with Gasteiger partial charge in [0.25, 0.3) is 0 Å². The van der Waals surface area contributed by atoms with Crippen LogP contribution in [0.15, 0.2) is 0 Å². The Hall–Kier alpha value is -0.393. The summed E-state index contributed by atoms with van der Waals surface area (Å²) in [5.74, 6) is -0.259. The Labute approximate surface area is 68.3 Å². The Kier molecular flexibility index (Phi) is 6.10. The van der Waals surface area contributed by atoms with E-state index < -0.39 is 9.28 Å². The van der Waals surface area contributed by atoms with Crippen LogP contribution in [0.3, 0.4) is 0 Å². The molecule has 0 spiro atoms. The molecule has 66 valence electrons. The van der Waals surface area contributed by atoms with Gasteiger partial charge in [-0.15, -0.1) is 0 Å². The molecule has 0 amide bonds. The zero-order chi connectivity index (χ0) is 8.69. The van der Waals surface area contributed by atoms with Crippen molar-refractivity contribution in [3.63, 3.8) is 0 Å². The first-order chi connectivity index (χ1) is 5.20. The van der Waals surface area contributed by atoms with Gasteiger partial charge in [0.15, 0.2) is 0 Å². The van der Waals surface area contributed by atoms with E-state index in [4.69, 9.17) is 13.6 Å². The number of hydrogen-bond donors (Lipinski definition) is 0. The summed E-state index contributed by atoms with van der Waals surface area (Å²) in [4.78, 5) is 10.3. The van der Waals surface area contributed by atoms with E-state index in [9.17, 15) is 4.79 Å². The third-order valence-corrected chi connectivity index (χ3v) is 2.94. The first-order valence-corrected chi connectivity index (χ1v) is 5.15. The molecule has 0 N–H and O–H groups in total. The van der Waals surface area contributed by atoms with Crippen LogP contribution in [0.5, 0.6) is 0 Å². The maximum absolute atomic E-state index is 10.3. The Morgan fingerprint density at radius 2 is 1.91 bits per heavy atom. The van der Waals surface area contributed by atoms with Crippen LogP contribution in [-0.4, -0.2) is 36.1 Å². The standard InChI is InChI=1S/C6H14O4Si/c1-6(7)10-4-5-11(8-2)9-3/h11H,4-5H2,1-3H3. The van der Waals surface area contributed by atoms with E-state index in [1.54, 1.807) is 14.2 Å². The van der Waals surface area contributed by atoms with Crippen molar-refractivity contribution in [2.75, 3.05) is 20.8 Å². The SMILES string of the molecule is CO[SiH](CCOC(C)=O)OC. The van der Waals surface area contributed by atoms with Crippen molar-refractivity contribution in [2.24, 2.45) is 0 Å². The highest BCUT2D eigenvalue weighted by Gasteiger charge is 2.09. The molecule has 0 aliphatic heterocycles. The van der Waals surface area contributed by atoms with Gasteiger partial charge >= 0.3 is 15.3 Å². The van der Waals surface area contributed by atoms with Crippen molar-refractivity contribution in [2.45, 2.75) is 13.0 Å². The van der Waals surface area contributed by atoms with Crippen molar-refractivity contribution in [1.82, 2.24) is 0 Å². The fourth-order valence-corrected chi connectivity index (χ4v) is 1.60. The lowest BCUT2D eigenvalue weighted by atomic mass is 10.8. The van der Waals surface area contributed by atoms with Crippen molar-refractivity contribution in [3.8, 4) is 0 Å². The van der Waals surface area contributed by atoms with Crippen molar-refractivity contribution in [3.05, 3.63) is 0 Å². The van der Waals surface area contributed by atoms with Crippen LogP contribution in [0.2, 0.25) is 6.04 Å². The van der Waals surface area contributed by atoms with Crippen LogP contribution < -0.4 is 0 Å². The molecule has 0 aliphatic carbocycles. The van der Waals surface area contributed by atoms with Crippen molar-refractivity contribution < 1.29 is 18.4 Å². The molecule has 0 aromatic heterocycles. The molecule has 0 aromatic carbocycles. The molecule has 0 radical (unpaired) electrons. The maximum Gasteiger partial charge on any atom is 0.324 e. The van der Waals surface area contributed by atoms with Crippen LogP contribution in [0, 0.1) is 0 Å². The largest absolute Gasteiger partial charge is 0.466 e. The minimum absolute atomic E-state index is 0.259. The number of esters is 1. The molecule has 11 heavy (non-hydrogen) atoms. The molecule has 0 aliphatic rings. The second-order valence-corrected chi connectivity index (χ2v) is 4.41. The van der Waals surface area contributed by atoms with E-state index in [2.05, 4.69) is 0 Å². The van der Waals surface area contributed by atoms with Gasteiger partial charge in [-0.3, -0.25) is 4.79 Å². The van der Waals surface area contributed by atoms with E-state index >= 15 is 0 Å². The van der Waals surface area contributed by atoms with Gasteiger partial charge in [-0.25, -0.2) is 0 Å². The topological polar surface area (TPSA) is 44.8 Å². The average molecular weight is 178 g/mol. The number of carbonyl (C=O) groups is 1. The number of ether oxygens (including phenoxy) is 1. The monoisotopic (exact) mass is 178 g/mol. The summed E-state index contributed by atoms with van der Waals surface area (Å²) in [5.41, 5.74) is 0. The van der Waals surface area contributed by atoms with E-state index in [1.165, 1.54) is 6.92 Å². The number of carbonyl (C=O) groups excluding carboxylic acids is 1. The third-order valence-electron chi connectivity index (χ3n) is 1.18. The highest BCUT2D eigenvalue weighted by Crippen LogP contribution is 1.94. The number of hydrogen-bond acceptors (Lipinski definition) is 4. The molecule has 0 aromatic rings. The molecule has 4 nitrogen and oxygen atoms in total. The first-order valence-electron chi connectivity index (χ1n) is 3.39. The van der Waals surface area contributed by atoms with Crippen molar-refractivity contribution >= 4 is 15.3 Å². The predicted octanol–water partition coefficient (Wildman–Crippen LogP) is 0.0628. The van der Waals surface area contributed by atoms with Gasteiger partial charge in [0.05, 0.1) is 6.61 Å². The normalized spacial score (nSPS) is 10.2. The number of rotatable bonds is 5. The predicted molar refractivity (Wildman–Crippen MR) is 42.6 cm³/mol.